The van der Waals surface area contributed by atoms with E-state index in [2.05, 4.69) is 10.1 Å². The number of fused-ring (bicyclic) bond motifs is 1. The van der Waals surface area contributed by atoms with E-state index in [-0.39, 0.29) is 13.0 Å². The van der Waals surface area contributed by atoms with Crippen LogP contribution in [0.4, 0.5) is 13.2 Å². The number of halogens is 3. The van der Waals surface area contributed by atoms with Gasteiger partial charge in [-0.1, -0.05) is 6.92 Å². The Morgan fingerprint density at radius 1 is 1.47 bits per heavy atom. The number of hydrogen-bond donors (Lipinski definition) is 1. The Morgan fingerprint density at radius 2 is 2.18 bits per heavy atom. The molecule has 0 fully saturated rings. The number of nitrogens with two attached hydrogens (primary N) is 1. The minimum atomic E-state index is -4.22. The van der Waals surface area contributed by atoms with E-state index in [1.54, 1.807) is 0 Å². The maximum atomic E-state index is 12.6. The molecule has 2 N–H and O–H groups in total. The second-order valence-corrected chi connectivity index (χ2v) is 4.40. The topological polar surface area (TPSA) is 56.7 Å². The quantitative estimate of drug-likeness (QED) is 0.868. The molecule has 2 heterocycles. The van der Waals surface area contributed by atoms with E-state index in [4.69, 9.17) is 5.73 Å². The third-order valence-electron chi connectivity index (χ3n) is 2.94. The van der Waals surface area contributed by atoms with Crippen molar-refractivity contribution in [3.63, 3.8) is 0 Å². The minimum Gasteiger partial charge on any atom is -0.321 e. The summed E-state index contributed by atoms with van der Waals surface area (Å²) in [6.45, 7) is 1.81. The van der Waals surface area contributed by atoms with Crippen molar-refractivity contribution >= 4 is 0 Å². The van der Waals surface area contributed by atoms with Gasteiger partial charge in [-0.15, -0.1) is 0 Å². The fraction of sp³-hybridized carbons (Fsp3) is 0.800. The molecule has 0 bridgehead atoms. The third kappa shape index (κ3) is 2.43. The molecular weight excluding hydrogens is 233 g/mol. The van der Waals surface area contributed by atoms with Crippen molar-refractivity contribution in [3.8, 4) is 0 Å². The average Bonchev–Trinajstić information content (AvgIpc) is 2.60. The predicted molar refractivity (Wildman–Crippen MR) is 55.1 cm³/mol. The Kier molecular flexibility index (Phi) is 3.11. The van der Waals surface area contributed by atoms with Crippen LogP contribution in [0, 0.1) is 5.92 Å². The van der Waals surface area contributed by atoms with E-state index >= 15 is 0 Å². The summed E-state index contributed by atoms with van der Waals surface area (Å²) in [7, 11) is 0. The van der Waals surface area contributed by atoms with Crippen molar-refractivity contribution in [1.82, 2.24) is 14.8 Å². The van der Waals surface area contributed by atoms with Crippen LogP contribution in [0.15, 0.2) is 0 Å². The number of rotatable bonds is 2. The molecule has 4 nitrogen and oxygen atoms in total. The highest BCUT2D eigenvalue weighted by molar-refractivity contribution is 5.03. The lowest BCUT2D eigenvalue weighted by atomic mass is 9.96. The second kappa shape index (κ2) is 4.29. The molecule has 2 rings (SSSR count). The Labute approximate surface area is 97.0 Å². The van der Waals surface area contributed by atoms with Gasteiger partial charge >= 0.3 is 6.18 Å². The van der Waals surface area contributed by atoms with Crippen LogP contribution < -0.4 is 5.73 Å². The summed E-state index contributed by atoms with van der Waals surface area (Å²) < 4.78 is 39.3. The van der Waals surface area contributed by atoms with Gasteiger partial charge in [0, 0.05) is 6.42 Å². The number of aromatic nitrogens is 3. The highest BCUT2D eigenvalue weighted by atomic mass is 19.4. The number of aryl methyl sites for hydroxylation is 1. The van der Waals surface area contributed by atoms with Crippen LogP contribution in [0.1, 0.15) is 37.5 Å². The van der Waals surface area contributed by atoms with E-state index < -0.39 is 18.1 Å². The Balaban J connectivity index is 2.24. The molecule has 1 aromatic heterocycles. The van der Waals surface area contributed by atoms with E-state index in [1.165, 1.54) is 4.68 Å². The van der Waals surface area contributed by atoms with Crippen molar-refractivity contribution in [2.24, 2.45) is 11.7 Å². The van der Waals surface area contributed by atoms with Crippen LogP contribution in [-0.2, 0) is 13.0 Å². The van der Waals surface area contributed by atoms with Gasteiger partial charge in [0.15, 0.2) is 5.82 Å². The molecule has 2 atom stereocenters. The minimum absolute atomic E-state index is 0.103. The van der Waals surface area contributed by atoms with Gasteiger partial charge in [-0.3, -0.25) is 0 Å². The monoisotopic (exact) mass is 248 g/mol. The van der Waals surface area contributed by atoms with Crippen LogP contribution in [0.2, 0.25) is 0 Å². The second-order valence-electron chi connectivity index (χ2n) is 4.40. The van der Waals surface area contributed by atoms with Crippen molar-refractivity contribution in [1.29, 1.82) is 0 Å². The predicted octanol–water partition coefficient (Wildman–Crippen LogP) is 1.81. The maximum Gasteiger partial charge on any atom is 0.393 e. The first-order valence-electron chi connectivity index (χ1n) is 5.67. The third-order valence-corrected chi connectivity index (χ3v) is 2.94. The Bertz CT molecular complexity index is 399. The number of hydrogen-bond acceptors (Lipinski definition) is 3. The first kappa shape index (κ1) is 12.3. The number of nitrogens with zero attached hydrogens (tertiary/aromatic N) is 3. The van der Waals surface area contributed by atoms with Crippen LogP contribution in [0.3, 0.4) is 0 Å². The molecule has 17 heavy (non-hydrogen) atoms. The summed E-state index contributed by atoms with van der Waals surface area (Å²) in [4.78, 5) is 4.20. The summed E-state index contributed by atoms with van der Waals surface area (Å²) in [5, 5.41) is 4.08. The molecule has 96 valence electrons. The number of alkyl halides is 3. The van der Waals surface area contributed by atoms with Crippen molar-refractivity contribution in [3.05, 3.63) is 11.6 Å². The summed E-state index contributed by atoms with van der Waals surface area (Å²) in [6, 6.07) is -0.673. The molecule has 0 aromatic carbocycles. The highest BCUT2D eigenvalue weighted by Crippen LogP contribution is 2.36. The molecule has 1 aliphatic heterocycles. The van der Waals surface area contributed by atoms with E-state index in [1.807, 2.05) is 6.92 Å². The van der Waals surface area contributed by atoms with E-state index in [0.29, 0.717) is 18.1 Å². The van der Waals surface area contributed by atoms with Gasteiger partial charge in [0.2, 0.25) is 0 Å². The van der Waals surface area contributed by atoms with Crippen LogP contribution >= 0.6 is 0 Å². The van der Waals surface area contributed by atoms with Crippen LogP contribution in [0.25, 0.3) is 0 Å². The van der Waals surface area contributed by atoms with Gasteiger partial charge in [0.1, 0.15) is 5.82 Å². The summed E-state index contributed by atoms with van der Waals surface area (Å²) >= 11 is 0. The van der Waals surface area contributed by atoms with Gasteiger partial charge in [-0.25, -0.2) is 9.67 Å². The molecule has 1 aliphatic rings. The van der Waals surface area contributed by atoms with Crippen molar-refractivity contribution in [2.45, 2.75) is 44.9 Å². The molecule has 0 saturated carbocycles. The summed E-state index contributed by atoms with van der Waals surface area (Å²) in [5.74, 6) is -0.351. The summed E-state index contributed by atoms with van der Waals surface area (Å²) in [6.07, 6.45) is -2.79. The average molecular weight is 248 g/mol. The van der Waals surface area contributed by atoms with Gasteiger partial charge < -0.3 is 5.73 Å². The molecule has 0 saturated heterocycles. The zero-order valence-corrected chi connectivity index (χ0v) is 9.54. The Hall–Kier alpha value is -1.11. The highest BCUT2D eigenvalue weighted by Gasteiger charge is 2.44. The zero-order chi connectivity index (χ0) is 12.6. The van der Waals surface area contributed by atoms with Gasteiger partial charge in [-0.05, 0) is 12.8 Å². The summed E-state index contributed by atoms with van der Waals surface area (Å²) in [5.41, 5.74) is 5.72. The SMILES string of the molecule is CCCc1nc2n(n1)CC(C(F)(F)F)CC2N. The molecule has 0 amide bonds. The van der Waals surface area contributed by atoms with E-state index in [9.17, 15) is 13.2 Å². The molecular formula is C10H15F3N4. The Morgan fingerprint density at radius 3 is 2.76 bits per heavy atom. The first-order chi connectivity index (χ1) is 7.91. The van der Waals surface area contributed by atoms with Crippen LogP contribution in [0.5, 0.6) is 0 Å². The van der Waals surface area contributed by atoms with Crippen molar-refractivity contribution < 1.29 is 13.2 Å². The van der Waals surface area contributed by atoms with Crippen LogP contribution in [-0.4, -0.2) is 20.9 Å². The molecule has 0 spiro atoms. The molecule has 0 radical (unpaired) electrons. The molecule has 1 aromatic rings. The van der Waals surface area contributed by atoms with Gasteiger partial charge in [0.05, 0.1) is 18.5 Å². The lowest BCUT2D eigenvalue weighted by Crippen LogP contribution is -2.37. The fourth-order valence-electron chi connectivity index (χ4n) is 2.07. The molecule has 2 unspecified atom stereocenters. The first-order valence-corrected chi connectivity index (χ1v) is 5.67. The standard InChI is InChI=1S/C10H15F3N4/c1-2-3-8-15-9-7(14)4-6(10(11,12)13)5-17(9)16-8/h6-7H,2-5,14H2,1H3. The lowest BCUT2D eigenvalue weighted by molar-refractivity contribution is -0.184. The molecule has 0 aliphatic carbocycles. The zero-order valence-electron chi connectivity index (χ0n) is 9.54. The largest absolute Gasteiger partial charge is 0.393 e. The fourth-order valence-corrected chi connectivity index (χ4v) is 2.07. The van der Waals surface area contributed by atoms with Crippen molar-refractivity contribution in [2.75, 3.05) is 0 Å². The normalized spacial score (nSPS) is 24.8. The van der Waals surface area contributed by atoms with E-state index in [0.717, 1.165) is 6.42 Å². The molecule has 7 heteroatoms. The smallest absolute Gasteiger partial charge is 0.321 e. The lowest BCUT2D eigenvalue weighted by Gasteiger charge is -2.28. The van der Waals surface area contributed by atoms with Gasteiger partial charge in [-0.2, -0.15) is 18.3 Å². The maximum absolute atomic E-state index is 12.6. The van der Waals surface area contributed by atoms with Gasteiger partial charge in [0.25, 0.3) is 0 Å².